The molecule has 0 heterocycles. The molecule has 0 spiro atoms. The minimum atomic E-state index is -3.56. The zero-order chi connectivity index (χ0) is 18.7. The van der Waals surface area contributed by atoms with Crippen molar-refractivity contribution in [1.29, 1.82) is 0 Å². The third kappa shape index (κ3) is 4.19. The molecule has 1 aliphatic carbocycles. The van der Waals surface area contributed by atoms with Gasteiger partial charge in [0.25, 0.3) is 5.91 Å². The van der Waals surface area contributed by atoms with E-state index in [1.54, 1.807) is 13.8 Å². The SMILES string of the molecule is CCN(CC)S(=O)(=O)c1ccc(C(=O)NC2(CC(=O)O)CCC2)cc1. The Kier molecular flexibility index (Phi) is 5.84. The standard InChI is InChI=1S/C17H24N2O5S/c1-3-19(4-2)25(23,24)14-8-6-13(7-9-14)16(22)18-17(10-5-11-17)12-15(20)21/h6-9H,3-5,10-12H2,1-2H3,(H,18,22)(H,20,21). The number of benzene rings is 1. The molecule has 138 valence electrons. The topological polar surface area (TPSA) is 104 Å². The first-order valence-electron chi connectivity index (χ1n) is 8.38. The second-order valence-corrected chi connectivity index (χ2v) is 8.21. The smallest absolute Gasteiger partial charge is 0.305 e. The number of hydrogen-bond acceptors (Lipinski definition) is 4. The Labute approximate surface area is 148 Å². The van der Waals surface area contributed by atoms with E-state index in [-0.39, 0.29) is 17.2 Å². The summed E-state index contributed by atoms with van der Waals surface area (Å²) < 4.78 is 26.2. The van der Waals surface area contributed by atoms with Gasteiger partial charge < -0.3 is 10.4 Å². The zero-order valence-corrected chi connectivity index (χ0v) is 15.3. The lowest BCUT2D eigenvalue weighted by molar-refractivity contribution is -0.139. The number of amides is 1. The summed E-state index contributed by atoms with van der Waals surface area (Å²) in [6.45, 7) is 4.28. The van der Waals surface area contributed by atoms with Crippen molar-refractivity contribution < 1.29 is 23.1 Å². The summed E-state index contributed by atoms with van der Waals surface area (Å²) in [7, 11) is -3.56. The summed E-state index contributed by atoms with van der Waals surface area (Å²) in [6.07, 6.45) is 2.06. The molecule has 8 heteroatoms. The van der Waals surface area contributed by atoms with Gasteiger partial charge in [-0.05, 0) is 43.5 Å². The third-order valence-electron chi connectivity index (χ3n) is 4.64. The normalized spacial score (nSPS) is 16.3. The molecule has 1 aromatic carbocycles. The van der Waals surface area contributed by atoms with Crippen molar-refractivity contribution in [2.75, 3.05) is 13.1 Å². The Bertz CT molecular complexity index is 735. The van der Waals surface area contributed by atoms with Crippen LogP contribution < -0.4 is 5.32 Å². The molecule has 25 heavy (non-hydrogen) atoms. The summed E-state index contributed by atoms with van der Waals surface area (Å²) in [6, 6.07) is 5.73. The Hall–Kier alpha value is -1.93. The molecule has 1 aromatic rings. The number of carboxylic acid groups (broad SMARTS) is 1. The Morgan fingerprint density at radius 3 is 2.12 bits per heavy atom. The van der Waals surface area contributed by atoms with E-state index < -0.39 is 21.5 Å². The molecular formula is C17H24N2O5S. The molecule has 2 N–H and O–H groups in total. The van der Waals surface area contributed by atoms with E-state index >= 15 is 0 Å². The highest BCUT2D eigenvalue weighted by Gasteiger charge is 2.40. The maximum Gasteiger partial charge on any atom is 0.305 e. The fourth-order valence-corrected chi connectivity index (χ4v) is 4.50. The summed E-state index contributed by atoms with van der Waals surface area (Å²) in [5.74, 6) is -1.33. The van der Waals surface area contributed by atoms with Crippen LogP contribution >= 0.6 is 0 Å². The van der Waals surface area contributed by atoms with Gasteiger partial charge in [-0.2, -0.15) is 4.31 Å². The fourth-order valence-electron chi connectivity index (χ4n) is 3.04. The molecular weight excluding hydrogens is 344 g/mol. The van der Waals surface area contributed by atoms with E-state index in [2.05, 4.69) is 5.32 Å². The van der Waals surface area contributed by atoms with Gasteiger partial charge in [0.15, 0.2) is 0 Å². The van der Waals surface area contributed by atoms with Gasteiger partial charge in [-0.25, -0.2) is 8.42 Å². The number of aliphatic carboxylic acids is 1. The summed E-state index contributed by atoms with van der Waals surface area (Å²) in [4.78, 5) is 23.5. The molecule has 0 unspecified atom stereocenters. The second-order valence-electron chi connectivity index (χ2n) is 6.27. The van der Waals surface area contributed by atoms with Crippen molar-refractivity contribution in [2.45, 2.75) is 50.0 Å². The van der Waals surface area contributed by atoms with E-state index in [1.165, 1.54) is 28.6 Å². The van der Waals surface area contributed by atoms with Crippen LogP contribution in [0, 0.1) is 0 Å². The first-order valence-corrected chi connectivity index (χ1v) is 9.82. The van der Waals surface area contributed by atoms with E-state index in [9.17, 15) is 18.0 Å². The van der Waals surface area contributed by atoms with Gasteiger partial charge in [-0.1, -0.05) is 13.8 Å². The maximum absolute atomic E-state index is 12.4. The number of nitrogens with zero attached hydrogens (tertiary/aromatic N) is 1. The average molecular weight is 368 g/mol. The molecule has 1 aliphatic rings. The van der Waals surface area contributed by atoms with Gasteiger partial charge in [0, 0.05) is 18.7 Å². The Balaban J connectivity index is 2.14. The number of carboxylic acids is 1. The molecule has 0 bridgehead atoms. The highest BCUT2D eigenvalue weighted by molar-refractivity contribution is 7.89. The third-order valence-corrected chi connectivity index (χ3v) is 6.70. The van der Waals surface area contributed by atoms with Crippen LogP contribution in [0.5, 0.6) is 0 Å². The molecule has 1 amide bonds. The second kappa shape index (κ2) is 7.53. The number of carbonyl (C=O) groups is 2. The predicted molar refractivity (Wildman–Crippen MR) is 92.8 cm³/mol. The van der Waals surface area contributed by atoms with Crippen molar-refractivity contribution in [1.82, 2.24) is 9.62 Å². The van der Waals surface area contributed by atoms with Crippen molar-refractivity contribution >= 4 is 21.9 Å². The van der Waals surface area contributed by atoms with Crippen LogP contribution in [0.15, 0.2) is 29.2 Å². The molecule has 1 fully saturated rings. The first-order chi connectivity index (χ1) is 11.7. The molecule has 1 saturated carbocycles. The molecule has 0 aromatic heterocycles. The van der Waals surface area contributed by atoms with Crippen molar-refractivity contribution in [2.24, 2.45) is 0 Å². The van der Waals surface area contributed by atoms with Crippen molar-refractivity contribution in [3.05, 3.63) is 29.8 Å². The summed E-state index contributed by atoms with van der Waals surface area (Å²) in [5, 5.41) is 11.8. The van der Waals surface area contributed by atoms with Gasteiger partial charge in [-0.15, -0.1) is 0 Å². The van der Waals surface area contributed by atoms with Gasteiger partial charge >= 0.3 is 5.97 Å². The molecule has 2 rings (SSSR count). The molecule has 0 aliphatic heterocycles. The lowest BCUT2D eigenvalue weighted by atomic mass is 9.74. The van der Waals surface area contributed by atoms with Crippen LogP contribution in [0.3, 0.4) is 0 Å². The fraction of sp³-hybridized carbons (Fsp3) is 0.529. The monoisotopic (exact) mass is 368 g/mol. The number of nitrogens with one attached hydrogen (secondary N) is 1. The van der Waals surface area contributed by atoms with Crippen LogP contribution in [-0.2, 0) is 14.8 Å². The van der Waals surface area contributed by atoms with Crippen LogP contribution in [-0.4, -0.2) is 48.3 Å². The van der Waals surface area contributed by atoms with Gasteiger partial charge in [0.05, 0.1) is 16.9 Å². The lowest BCUT2D eigenvalue weighted by Crippen LogP contribution is -2.54. The number of rotatable bonds is 8. The zero-order valence-electron chi connectivity index (χ0n) is 14.5. The molecule has 0 radical (unpaired) electrons. The molecule has 0 saturated heterocycles. The van der Waals surface area contributed by atoms with Gasteiger partial charge in [0.1, 0.15) is 0 Å². The largest absolute Gasteiger partial charge is 0.481 e. The lowest BCUT2D eigenvalue weighted by Gasteiger charge is -2.41. The number of sulfonamides is 1. The van der Waals surface area contributed by atoms with Crippen molar-refractivity contribution in [3.8, 4) is 0 Å². The predicted octanol–water partition coefficient (Wildman–Crippen LogP) is 1.84. The van der Waals surface area contributed by atoms with E-state index in [1.807, 2.05) is 0 Å². The minimum absolute atomic E-state index is 0.104. The van der Waals surface area contributed by atoms with Gasteiger partial charge in [-0.3, -0.25) is 9.59 Å². The Morgan fingerprint density at radius 1 is 1.16 bits per heavy atom. The highest BCUT2D eigenvalue weighted by atomic mass is 32.2. The number of carbonyl (C=O) groups excluding carboxylic acids is 1. The summed E-state index contributed by atoms with van der Waals surface area (Å²) in [5.41, 5.74) is -0.371. The summed E-state index contributed by atoms with van der Waals surface area (Å²) >= 11 is 0. The maximum atomic E-state index is 12.4. The van der Waals surface area contributed by atoms with Crippen LogP contribution in [0.4, 0.5) is 0 Å². The van der Waals surface area contributed by atoms with Crippen molar-refractivity contribution in [3.63, 3.8) is 0 Å². The van der Waals surface area contributed by atoms with E-state index in [4.69, 9.17) is 5.11 Å². The minimum Gasteiger partial charge on any atom is -0.481 e. The van der Waals surface area contributed by atoms with Crippen LogP contribution in [0.1, 0.15) is 49.9 Å². The van der Waals surface area contributed by atoms with Gasteiger partial charge in [0.2, 0.25) is 10.0 Å². The van der Waals surface area contributed by atoms with E-state index in [0.29, 0.717) is 31.5 Å². The molecule has 7 nitrogen and oxygen atoms in total. The highest BCUT2D eigenvalue weighted by Crippen LogP contribution is 2.35. The van der Waals surface area contributed by atoms with Crippen LogP contribution in [0.25, 0.3) is 0 Å². The van der Waals surface area contributed by atoms with Crippen LogP contribution in [0.2, 0.25) is 0 Å². The first kappa shape index (κ1) is 19.4. The molecule has 0 atom stereocenters. The Morgan fingerprint density at radius 2 is 1.72 bits per heavy atom. The van der Waals surface area contributed by atoms with E-state index in [0.717, 1.165) is 6.42 Å². The quantitative estimate of drug-likeness (QED) is 0.729. The average Bonchev–Trinajstić information content (AvgIpc) is 2.53. The number of hydrogen-bond donors (Lipinski definition) is 2.